The van der Waals surface area contributed by atoms with Gasteiger partial charge in [0.25, 0.3) is 5.56 Å². The fourth-order valence-corrected chi connectivity index (χ4v) is 1.83. The van der Waals surface area contributed by atoms with E-state index in [1.807, 2.05) is 12.1 Å². The zero-order valence-electron chi connectivity index (χ0n) is 9.14. The van der Waals surface area contributed by atoms with Crippen LogP contribution in [0.25, 0.3) is 0 Å². The molecule has 0 aliphatic rings. The second-order valence-corrected chi connectivity index (χ2v) is 4.34. The molecule has 1 heterocycles. The largest absolute Gasteiger partial charge is 0.399 e. The van der Waals surface area contributed by atoms with Crippen LogP contribution in [0.4, 0.5) is 17.1 Å². The van der Waals surface area contributed by atoms with E-state index in [-0.39, 0.29) is 5.56 Å². The fourth-order valence-electron chi connectivity index (χ4n) is 1.37. The Labute approximate surface area is 106 Å². The average molecular weight is 295 g/mol. The maximum absolute atomic E-state index is 11.6. The third-order valence-corrected chi connectivity index (χ3v) is 3.01. The summed E-state index contributed by atoms with van der Waals surface area (Å²) in [6.07, 6.45) is 1.58. The van der Waals surface area contributed by atoms with Crippen LogP contribution in [0.5, 0.6) is 0 Å². The van der Waals surface area contributed by atoms with E-state index in [0.29, 0.717) is 15.8 Å². The summed E-state index contributed by atoms with van der Waals surface area (Å²) < 4.78 is 1.70. The van der Waals surface area contributed by atoms with Gasteiger partial charge in [0.15, 0.2) is 0 Å². The van der Waals surface area contributed by atoms with E-state index < -0.39 is 0 Å². The van der Waals surface area contributed by atoms with Crippen LogP contribution < -0.4 is 16.6 Å². The number of hydrogen-bond acceptors (Lipinski definition) is 4. The van der Waals surface area contributed by atoms with Crippen molar-refractivity contribution in [3.63, 3.8) is 0 Å². The molecule has 88 valence electrons. The van der Waals surface area contributed by atoms with Crippen LogP contribution in [-0.4, -0.2) is 9.78 Å². The second-order valence-electron chi connectivity index (χ2n) is 3.55. The summed E-state index contributed by atoms with van der Waals surface area (Å²) in [5.41, 5.74) is 7.55. The van der Waals surface area contributed by atoms with Gasteiger partial charge in [-0.1, -0.05) is 6.07 Å². The highest BCUT2D eigenvalue weighted by Crippen LogP contribution is 2.22. The van der Waals surface area contributed by atoms with Gasteiger partial charge in [-0.15, -0.1) is 0 Å². The first kappa shape index (κ1) is 11.7. The summed E-state index contributed by atoms with van der Waals surface area (Å²) in [6, 6.07) is 7.27. The number of halogens is 1. The standard InChI is InChI=1S/C11H11BrN4O/c1-16-11(17)10(12)9(6-14-16)15-8-4-2-3-7(13)5-8/h2-6,15H,13H2,1H3. The van der Waals surface area contributed by atoms with Crippen LogP contribution in [0.1, 0.15) is 0 Å². The van der Waals surface area contributed by atoms with Crippen molar-refractivity contribution in [2.24, 2.45) is 7.05 Å². The molecule has 0 bridgehead atoms. The van der Waals surface area contributed by atoms with Crippen molar-refractivity contribution in [1.29, 1.82) is 0 Å². The van der Waals surface area contributed by atoms with Crippen molar-refractivity contribution in [3.8, 4) is 0 Å². The maximum Gasteiger partial charge on any atom is 0.282 e. The van der Waals surface area contributed by atoms with Gasteiger partial charge in [-0.3, -0.25) is 4.79 Å². The quantitative estimate of drug-likeness (QED) is 0.830. The van der Waals surface area contributed by atoms with E-state index in [9.17, 15) is 4.79 Å². The van der Waals surface area contributed by atoms with E-state index in [4.69, 9.17) is 5.73 Å². The zero-order valence-corrected chi connectivity index (χ0v) is 10.7. The van der Waals surface area contributed by atoms with Crippen molar-refractivity contribution in [2.45, 2.75) is 0 Å². The molecule has 0 saturated carbocycles. The van der Waals surface area contributed by atoms with Gasteiger partial charge in [0.05, 0.1) is 11.9 Å². The van der Waals surface area contributed by atoms with Crippen molar-refractivity contribution in [3.05, 3.63) is 45.3 Å². The van der Waals surface area contributed by atoms with Gasteiger partial charge in [-0.05, 0) is 34.1 Å². The number of rotatable bonds is 2. The third kappa shape index (κ3) is 2.47. The first-order chi connectivity index (χ1) is 8.08. The lowest BCUT2D eigenvalue weighted by Gasteiger charge is -2.08. The van der Waals surface area contributed by atoms with Gasteiger partial charge in [-0.2, -0.15) is 5.10 Å². The number of aryl methyl sites for hydroxylation is 1. The molecule has 1 aromatic carbocycles. The Balaban J connectivity index is 2.37. The predicted octanol–water partition coefficient (Wildman–Crippen LogP) is 1.87. The van der Waals surface area contributed by atoms with Gasteiger partial charge >= 0.3 is 0 Å². The first-order valence-corrected chi connectivity index (χ1v) is 5.71. The Hall–Kier alpha value is -1.82. The van der Waals surface area contributed by atoms with Crippen LogP contribution in [-0.2, 0) is 7.05 Å². The molecular weight excluding hydrogens is 284 g/mol. The number of nitrogens with zero attached hydrogens (tertiary/aromatic N) is 2. The smallest absolute Gasteiger partial charge is 0.282 e. The molecule has 0 fully saturated rings. The molecule has 17 heavy (non-hydrogen) atoms. The number of anilines is 3. The van der Waals surface area contributed by atoms with Crippen LogP contribution in [0.3, 0.4) is 0 Å². The second kappa shape index (κ2) is 4.58. The number of nitrogen functional groups attached to an aromatic ring is 1. The maximum atomic E-state index is 11.6. The number of benzene rings is 1. The van der Waals surface area contributed by atoms with Gasteiger partial charge in [-0.25, -0.2) is 4.68 Å². The number of nitrogens with two attached hydrogens (primary N) is 1. The Kier molecular flexibility index (Phi) is 3.14. The first-order valence-electron chi connectivity index (χ1n) is 4.92. The van der Waals surface area contributed by atoms with Crippen molar-refractivity contribution >= 4 is 33.0 Å². The summed E-state index contributed by atoms with van der Waals surface area (Å²) in [7, 11) is 1.59. The Morgan fingerprint density at radius 1 is 1.47 bits per heavy atom. The van der Waals surface area contributed by atoms with E-state index in [1.54, 1.807) is 25.4 Å². The Bertz CT molecular complexity index is 609. The molecule has 0 radical (unpaired) electrons. The van der Waals surface area contributed by atoms with Crippen LogP contribution in [0, 0.1) is 0 Å². The highest BCUT2D eigenvalue weighted by Gasteiger charge is 2.06. The highest BCUT2D eigenvalue weighted by atomic mass is 79.9. The molecule has 2 aromatic rings. The van der Waals surface area contributed by atoms with Gasteiger partial charge in [0.2, 0.25) is 0 Å². The predicted molar refractivity (Wildman–Crippen MR) is 71.3 cm³/mol. The molecule has 5 nitrogen and oxygen atoms in total. The number of aromatic nitrogens is 2. The third-order valence-electron chi connectivity index (χ3n) is 2.24. The molecule has 3 N–H and O–H groups in total. The lowest BCUT2D eigenvalue weighted by atomic mass is 10.3. The molecule has 0 spiro atoms. The lowest BCUT2D eigenvalue weighted by Crippen LogP contribution is -2.20. The molecule has 1 aromatic heterocycles. The van der Waals surface area contributed by atoms with Gasteiger partial charge in [0, 0.05) is 18.4 Å². The Morgan fingerprint density at radius 3 is 2.94 bits per heavy atom. The lowest BCUT2D eigenvalue weighted by molar-refractivity contribution is 0.704. The highest BCUT2D eigenvalue weighted by molar-refractivity contribution is 9.10. The average Bonchev–Trinajstić information content (AvgIpc) is 2.30. The van der Waals surface area contributed by atoms with E-state index in [2.05, 4.69) is 26.3 Å². The monoisotopic (exact) mass is 294 g/mol. The van der Waals surface area contributed by atoms with E-state index in [1.165, 1.54) is 4.68 Å². The number of nitrogens with one attached hydrogen (secondary N) is 1. The topological polar surface area (TPSA) is 72.9 Å². The van der Waals surface area contributed by atoms with Gasteiger partial charge in [0.1, 0.15) is 4.47 Å². The summed E-state index contributed by atoms with van der Waals surface area (Å²) >= 11 is 3.24. The molecule has 0 saturated heterocycles. The normalized spacial score (nSPS) is 10.2. The fraction of sp³-hybridized carbons (Fsp3) is 0.0909. The van der Waals surface area contributed by atoms with E-state index in [0.717, 1.165) is 5.69 Å². The molecule has 2 rings (SSSR count). The van der Waals surface area contributed by atoms with Gasteiger partial charge < -0.3 is 11.1 Å². The summed E-state index contributed by atoms with van der Waals surface area (Å²) in [5, 5.41) is 7.02. The van der Waals surface area contributed by atoms with Crippen molar-refractivity contribution in [1.82, 2.24) is 9.78 Å². The molecular formula is C11H11BrN4O. The van der Waals surface area contributed by atoms with E-state index >= 15 is 0 Å². The SMILES string of the molecule is Cn1ncc(Nc2cccc(N)c2)c(Br)c1=O. The molecule has 0 amide bonds. The van der Waals surface area contributed by atoms with Crippen molar-refractivity contribution < 1.29 is 0 Å². The molecule has 0 unspecified atom stereocenters. The number of hydrogen-bond donors (Lipinski definition) is 2. The van der Waals surface area contributed by atoms with Crippen LogP contribution in [0.2, 0.25) is 0 Å². The van der Waals surface area contributed by atoms with Crippen molar-refractivity contribution in [2.75, 3.05) is 11.1 Å². The molecule has 6 heteroatoms. The summed E-state index contributed by atoms with van der Waals surface area (Å²) in [6.45, 7) is 0. The molecule has 0 aliphatic carbocycles. The minimum absolute atomic E-state index is 0.195. The van der Waals surface area contributed by atoms with Crippen LogP contribution in [0.15, 0.2) is 39.7 Å². The van der Waals surface area contributed by atoms with Crippen LogP contribution >= 0.6 is 15.9 Å². The zero-order chi connectivity index (χ0) is 12.4. The summed E-state index contributed by atoms with van der Waals surface area (Å²) in [4.78, 5) is 11.6. The molecule has 0 aliphatic heterocycles. The minimum atomic E-state index is -0.195. The summed E-state index contributed by atoms with van der Waals surface area (Å²) in [5.74, 6) is 0. The Morgan fingerprint density at radius 2 is 2.24 bits per heavy atom. The molecule has 0 atom stereocenters. The minimum Gasteiger partial charge on any atom is -0.399 e.